The lowest BCUT2D eigenvalue weighted by Gasteiger charge is -2.12. The van der Waals surface area contributed by atoms with E-state index < -0.39 is 0 Å². The van der Waals surface area contributed by atoms with Gasteiger partial charge in [-0.05, 0) is 0 Å². The fraction of sp³-hybridized carbons (Fsp3) is 1.00. The van der Waals surface area contributed by atoms with Crippen molar-refractivity contribution in [2.75, 3.05) is 33.5 Å². The first-order chi connectivity index (χ1) is 4.85. The van der Waals surface area contributed by atoms with Gasteiger partial charge in [0.25, 0.3) is 0 Å². The largest absolute Gasteiger partial charge is 0.382 e. The molecular weight excluding hydrogens is 156 g/mol. The van der Waals surface area contributed by atoms with Crippen LogP contribution in [0.2, 0.25) is 0 Å². The minimum absolute atomic E-state index is 0.0633. The fourth-order valence-corrected chi connectivity index (χ4v) is 0.666. The monoisotopic (exact) mass is 168 g/mol. The maximum atomic E-state index is 5.52. The molecule has 1 atom stereocenters. The summed E-state index contributed by atoms with van der Waals surface area (Å²) in [6.07, 6.45) is -0.0633. The zero-order chi connectivity index (χ0) is 7.82. The number of ether oxygens (including phenoxy) is 3. The van der Waals surface area contributed by atoms with Crippen molar-refractivity contribution in [2.45, 2.75) is 6.10 Å². The molecule has 0 aromatic rings. The molecule has 62 valence electrons. The lowest BCUT2D eigenvalue weighted by atomic mass is 10.4. The standard InChI is InChI=1S/C6H13ClO3/c1-8-4-6(3-7)10-5-9-2/h6H,3-5H2,1-2H3. The van der Waals surface area contributed by atoms with Gasteiger partial charge >= 0.3 is 0 Å². The van der Waals surface area contributed by atoms with Gasteiger partial charge in [-0.2, -0.15) is 0 Å². The molecule has 0 N–H and O–H groups in total. The van der Waals surface area contributed by atoms with Gasteiger partial charge in [-0.25, -0.2) is 0 Å². The van der Waals surface area contributed by atoms with Crippen LogP contribution >= 0.6 is 11.6 Å². The number of hydrogen-bond donors (Lipinski definition) is 0. The molecule has 0 aliphatic rings. The van der Waals surface area contributed by atoms with Crippen LogP contribution < -0.4 is 0 Å². The van der Waals surface area contributed by atoms with E-state index >= 15 is 0 Å². The maximum absolute atomic E-state index is 5.52. The van der Waals surface area contributed by atoms with Crippen molar-refractivity contribution in [3.8, 4) is 0 Å². The number of alkyl halides is 1. The van der Waals surface area contributed by atoms with Gasteiger partial charge in [0.1, 0.15) is 6.79 Å². The molecule has 4 heteroatoms. The number of rotatable bonds is 6. The predicted octanol–water partition coefficient (Wildman–Crippen LogP) is 0.861. The lowest BCUT2D eigenvalue weighted by molar-refractivity contribution is -0.0834. The van der Waals surface area contributed by atoms with Crippen LogP contribution in [0.1, 0.15) is 0 Å². The van der Waals surface area contributed by atoms with Crippen LogP contribution in [0.3, 0.4) is 0 Å². The summed E-state index contributed by atoms with van der Waals surface area (Å²) in [5.74, 6) is 0.428. The summed E-state index contributed by atoms with van der Waals surface area (Å²) in [7, 11) is 3.17. The molecule has 0 radical (unpaired) electrons. The second kappa shape index (κ2) is 7.28. The van der Waals surface area contributed by atoms with E-state index in [2.05, 4.69) is 4.74 Å². The van der Waals surface area contributed by atoms with Crippen molar-refractivity contribution < 1.29 is 14.2 Å². The molecule has 0 aromatic carbocycles. The van der Waals surface area contributed by atoms with Crippen molar-refractivity contribution in [3.63, 3.8) is 0 Å². The molecule has 0 bridgehead atoms. The summed E-state index contributed by atoms with van der Waals surface area (Å²) in [6.45, 7) is 0.771. The second-order valence-corrected chi connectivity index (χ2v) is 2.11. The van der Waals surface area contributed by atoms with E-state index in [0.717, 1.165) is 0 Å². The molecule has 0 amide bonds. The third kappa shape index (κ3) is 4.99. The van der Waals surface area contributed by atoms with Gasteiger partial charge < -0.3 is 14.2 Å². The normalized spacial score (nSPS) is 13.5. The summed E-state index contributed by atoms with van der Waals surface area (Å²) in [5.41, 5.74) is 0. The molecule has 0 rings (SSSR count). The molecule has 0 saturated carbocycles. The van der Waals surface area contributed by atoms with E-state index in [4.69, 9.17) is 21.1 Å². The Morgan fingerprint density at radius 2 is 2.00 bits per heavy atom. The average Bonchev–Trinajstić information content (AvgIpc) is 1.98. The predicted molar refractivity (Wildman–Crippen MR) is 39.3 cm³/mol. The minimum atomic E-state index is -0.0633. The SMILES string of the molecule is COCOC(CCl)COC. The first kappa shape index (κ1) is 10.2. The summed E-state index contributed by atoms with van der Waals surface area (Å²) in [6, 6.07) is 0. The zero-order valence-corrected chi connectivity index (χ0v) is 7.06. The van der Waals surface area contributed by atoms with Gasteiger partial charge in [-0.3, -0.25) is 0 Å². The van der Waals surface area contributed by atoms with Gasteiger partial charge in [-0.15, -0.1) is 11.6 Å². The molecular formula is C6H13ClO3. The van der Waals surface area contributed by atoms with Gasteiger partial charge in [0.05, 0.1) is 18.6 Å². The summed E-state index contributed by atoms with van der Waals surface area (Å²) in [5, 5.41) is 0. The van der Waals surface area contributed by atoms with E-state index in [0.29, 0.717) is 12.5 Å². The highest BCUT2D eigenvalue weighted by atomic mass is 35.5. The van der Waals surface area contributed by atoms with E-state index in [-0.39, 0.29) is 12.9 Å². The zero-order valence-electron chi connectivity index (χ0n) is 6.30. The highest BCUT2D eigenvalue weighted by molar-refractivity contribution is 6.18. The van der Waals surface area contributed by atoms with Crippen LogP contribution in [0.25, 0.3) is 0 Å². The molecule has 0 fully saturated rings. The molecule has 3 nitrogen and oxygen atoms in total. The molecule has 0 spiro atoms. The maximum Gasteiger partial charge on any atom is 0.146 e. The van der Waals surface area contributed by atoms with Crippen LogP contribution in [-0.4, -0.2) is 39.6 Å². The highest BCUT2D eigenvalue weighted by Gasteiger charge is 2.05. The van der Waals surface area contributed by atoms with E-state index in [9.17, 15) is 0 Å². The Balaban J connectivity index is 3.21. The van der Waals surface area contributed by atoms with Gasteiger partial charge in [0.15, 0.2) is 0 Å². The molecule has 0 aliphatic carbocycles. The average molecular weight is 169 g/mol. The van der Waals surface area contributed by atoms with Crippen molar-refractivity contribution in [3.05, 3.63) is 0 Å². The third-order valence-electron chi connectivity index (χ3n) is 0.946. The van der Waals surface area contributed by atoms with Gasteiger partial charge in [-0.1, -0.05) is 0 Å². The Hall–Kier alpha value is 0.170. The van der Waals surface area contributed by atoms with Crippen LogP contribution in [-0.2, 0) is 14.2 Å². The molecule has 0 aliphatic heterocycles. The van der Waals surface area contributed by atoms with E-state index in [1.165, 1.54) is 0 Å². The quantitative estimate of drug-likeness (QED) is 0.435. The van der Waals surface area contributed by atoms with Crippen molar-refractivity contribution >= 4 is 11.6 Å². The summed E-state index contributed by atoms with van der Waals surface area (Å²) < 4.78 is 14.6. The minimum Gasteiger partial charge on any atom is -0.382 e. The highest BCUT2D eigenvalue weighted by Crippen LogP contribution is 1.95. The van der Waals surface area contributed by atoms with Crippen molar-refractivity contribution in [2.24, 2.45) is 0 Å². The van der Waals surface area contributed by atoms with Crippen LogP contribution in [0.15, 0.2) is 0 Å². The Bertz CT molecular complexity index is 70.0. The fourth-order valence-electron chi connectivity index (χ4n) is 0.487. The first-order valence-electron chi connectivity index (χ1n) is 3.00. The summed E-state index contributed by atoms with van der Waals surface area (Å²) >= 11 is 5.52. The Labute approximate surface area is 66.2 Å². The smallest absolute Gasteiger partial charge is 0.146 e. The van der Waals surface area contributed by atoms with Crippen molar-refractivity contribution in [1.82, 2.24) is 0 Å². The number of hydrogen-bond acceptors (Lipinski definition) is 3. The molecule has 0 saturated heterocycles. The van der Waals surface area contributed by atoms with Crippen LogP contribution in [0, 0.1) is 0 Å². The van der Waals surface area contributed by atoms with Gasteiger partial charge in [0.2, 0.25) is 0 Å². The molecule has 10 heavy (non-hydrogen) atoms. The first-order valence-corrected chi connectivity index (χ1v) is 3.54. The van der Waals surface area contributed by atoms with Crippen LogP contribution in [0.5, 0.6) is 0 Å². The Kier molecular flexibility index (Phi) is 7.40. The van der Waals surface area contributed by atoms with Gasteiger partial charge in [0, 0.05) is 14.2 Å². The summed E-state index contributed by atoms with van der Waals surface area (Å²) in [4.78, 5) is 0. The molecule has 1 unspecified atom stereocenters. The van der Waals surface area contributed by atoms with Crippen LogP contribution in [0.4, 0.5) is 0 Å². The number of halogens is 1. The second-order valence-electron chi connectivity index (χ2n) is 1.80. The third-order valence-corrected chi connectivity index (χ3v) is 1.29. The molecule has 0 aromatic heterocycles. The Morgan fingerprint density at radius 3 is 2.40 bits per heavy atom. The lowest BCUT2D eigenvalue weighted by Crippen LogP contribution is -2.21. The molecule has 0 heterocycles. The topological polar surface area (TPSA) is 27.7 Å². The Morgan fingerprint density at radius 1 is 1.30 bits per heavy atom. The van der Waals surface area contributed by atoms with E-state index in [1.54, 1.807) is 14.2 Å². The van der Waals surface area contributed by atoms with E-state index in [1.807, 2.05) is 0 Å². The number of methoxy groups -OCH3 is 2. The van der Waals surface area contributed by atoms with Crippen molar-refractivity contribution in [1.29, 1.82) is 0 Å².